The zero-order valence-electron chi connectivity index (χ0n) is 9.63. The Bertz CT molecular complexity index is 714. The summed E-state index contributed by atoms with van der Waals surface area (Å²) in [6, 6.07) is 9.03. The smallest absolute Gasteiger partial charge is 0.185 e. The van der Waals surface area contributed by atoms with Crippen LogP contribution in [0.25, 0.3) is 17.0 Å². The lowest BCUT2D eigenvalue weighted by molar-refractivity contribution is 0.902. The number of nitrogens with zero attached hydrogens (tertiary/aromatic N) is 4. The highest BCUT2D eigenvalue weighted by Gasteiger charge is 2.10. The fraction of sp³-hybridized carbons (Fsp3) is 0.0833. The van der Waals surface area contributed by atoms with Gasteiger partial charge in [0.25, 0.3) is 0 Å². The Balaban J connectivity index is 2.27. The second-order valence-electron chi connectivity index (χ2n) is 4.04. The van der Waals surface area contributed by atoms with Crippen LogP contribution in [0.5, 0.6) is 0 Å². The van der Waals surface area contributed by atoms with Crippen LogP contribution in [0.15, 0.2) is 30.3 Å². The van der Waals surface area contributed by atoms with Crippen LogP contribution in [0.1, 0.15) is 5.69 Å². The van der Waals surface area contributed by atoms with Gasteiger partial charge in [-0.05, 0) is 37.3 Å². The summed E-state index contributed by atoms with van der Waals surface area (Å²) in [7, 11) is 0. The van der Waals surface area contributed by atoms with Gasteiger partial charge in [0.15, 0.2) is 11.5 Å². The van der Waals surface area contributed by atoms with Crippen LogP contribution < -0.4 is 5.73 Å². The number of nitrogens with two attached hydrogens (primary N) is 1. The van der Waals surface area contributed by atoms with Crippen molar-refractivity contribution in [3.8, 4) is 11.4 Å². The number of fused-ring (bicyclic) bond motifs is 1. The van der Waals surface area contributed by atoms with Gasteiger partial charge in [0.05, 0.1) is 5.69 Å². The molecular formula is C12H10ClN5. The number of aromatic nitrogens is 4. The Morgan fingerprint density at radius 3 is 2.78 bits per heavy atom. The summed E-state index contributed by atoms with van der Waals surface area (Å²) < 4.78 is 1.68. The van der Waals surface area contributed by atoms with Crippen molar-refractivity contribution in [3.63, 3.8) is 0 Å². The highest BCUT2D eigenvalue weighted by Crippen LogP contribution is 2.24. The minimum Gasteiger partial charge on any atom is -0.399 e. The van der Waals surface area contributed by atoms with Gasteiger partial charge in [-0.15, -0.1) is 10.2 Å². The van der Waals surface area contributed by atoms with Crippen molar-refractivity contribution in [2.45, 2.75) is 6.92 Å². The molecule has 2 heterocycles. The number of halogens is 1. The lowest BCUT2D eigenvalue weighted by Gasteiger charge is -2.02. The molecular weight excluding hydrogens is 250 g/mol. The Hall–Kier alpha value is -2.14. The van der Waals surface area contributed by atoms with Crippen LogP contribution in [-0.4, -0.2) is 19.8 Å². The van der Waals surface area contributed by atoms with Crippen molar-refractivity contribution >= 4 is 22.9 Å². The molecule has 0 spiro atoms. The number of anilines is 1. The van der Waals surface area contributed by atoms with Gasteiger partial charge in [0.1, 0.15) is 0 Å². The SMILES string of the molecule is Cc1ccc2nnc(-c3cc(N)cc(Cl)c3)n2n1. The van der Waals surface area contributed by atoms with E-state index >= 15 is 0 Å². The van der Waals surface area contributed by atoms with E-state index in [1.807, 2.05) is 19.1 Å². The molecule has 1 aromatic carbocycles. The first-order chi connectivity index (χ1) is 8.63. The molecule has 0 bridgehead atoms. The highest BCUT2D eigenvalue weighted by molar-refractivity contribution is 6.31. The average molecular weight is 260 g/mol. The Morgan fingerprint density at radius 1 is 1.17 bits per heavy atom. The lowest BCUT2D eigenvalue weighted by Crippen LogP contribution is -1.97. The lowest BCUT2D eigenvalue weighted by atomic mass is 10.2. The van der Waals surface area contributed by atoms with Gasteiger partial charge < -0.3 is 5.73 Å². The third-order valence-corrected chi connectivity index (χ3v) is 2.79. The van der Waals surface area contributed by atoms with Crippen LogP contribution >= 0.6 is 11.6 Å². The molecule has 0 fully saturated rings. The van der Waals surface area contributed by atoms with Crippen molar-refractivity contribution < 1.29 is 0 Å². The number of hydrogen-bond acceptors (Lipinski definition) is 4. The zero-order chi connectivity index (χ0) is 12.7. The molecule has 6 heteroatoms. The first-order valence-corrected chi connectivity index (χ1v) is 5.77. The maximum Gasteiger partial charge on any atom is 0.185 e. The number of nitrogen functional groups attached to an aromatic ring is 1. The van der Waals surface area contributed by atoms with Crippen LogP contribution in [0.3, 0.4) is 0 Å². The predicted octanol–water partition coefficient (Wildman–Crippen LogP) is 2.34. The van der Waals surface area contributed by atoms with Crippen molar-refractivity contribution in [2.24, 2.45) is 0 Å². The molecule has 2 N–H and O–H groups in total. The molecule has 0 amide bonds. The van der Waals surface area contributed by atoms with E-state index in [1.165, 1.54) is 0 Å². The fourth-order valence-corrected chi connectivity index (χ4v) is 2.05. The molecule has 5 nitrogen and oxygen atoms in total. The summed E-state index contributed by atoms with van der Waals surface area (Å²) in [6.07, 6.45) is 0. The average Bonchev–Trinajstić information content (AvgIpc) is 2.70. The molecule has 0 saturated carbocycles. The van der Waals surface area contributed by atoms with Crippen molar-refractivity contribution in [2.75, 3.05) is 5.73 Å². The van der Waals surface area contributed by atoms with Gasteiger partial charge in [0.2, 0.25) is 0 Å². The summed E-state index contributed by atoms with van der Waals surface area (Å²) in [5.41, 5.74) is 8.74. The third kappa shape index (κ3) is 1.78. The zero-order valence-corrected chi connectivity index (χ0v) is 10.4. The minimum absolute atomic E-state index is 0.564. The summed E-state index contributed by atoms with van der Waals surface area (Å²) in [4.78, 5) is 0. The van der Waals surface area contributed by atoms with Crippen molar-refractivity contribution in [3.05, 3.63) is 41.0 Å². The molecule has 0 unspecified atom stereocenters. The van der Waals surface area contributed by atoms with Crippen LogP contribution in [0.2, 0.25) is 5.02 Å². The summed E-state index contributed by atoms with van der Waals surface area (Å²) in [6.45, 7) is 1.91. The molecule has 90 valence electrons. The summed E-state index contributed by atoms with van der Waals surface area (Å²) in [5, 5.41) is 13.1. The molecule has 0 radical (unpaired) electrons. The highest BCUT2D eigenvalue weighted by atomic mass is 35.5. The number of hydrogen-bond donors (Lipinski definition) is 1. The normalized spacial score (nSPS) is 11.0. The van der Waals surface area contributed by atoms with Crippen LogP contribution in [0, 0.1) is 6.92 Å². The van der Waals surface area contributed by atoms with Gasteiger partial charge in [-0.2, -0.15) is 9.61 Å². The van der Waals surface area contributed by atoms with Gasteiger partial charge in [-0.3, -0.25) is 0 Å². The molecule has 18 heavy (non-hydrogen) atoms. The van der Waals surface area contributed by atoms with Gasteiger partial charge in [-0.25, -0.2) is 0 Å². The second kappa shape index (κ2) is 3.96. The Labute approximate surface area is 108 Å². The van der Waals surface area contributed by atoms with E-state index in [-0.39, 0.29) is 0 Å². The first-order valence-electron chi connectivity index (χ1n) is 5.39. The monoisotopic (exact) mass is 259 g/mol. The number of benzene rings is 1. The van der Waals surface area contributed by atoms with Crippen LogP contribution in [0.4, 0.5) is 5.69 Å². The van der Waals surface area contributed by atoms with Gasteiger partial charge in [0, 0.05) is 16.3 Å². The van der Waals surface area contributed by atoms with E-state index in [9.17, 15) is 0 Å². The topological polar surface area (TPSA) is 69.1 Å². The molecule has 0 saturated heterocycles. The summed E-state index contributed by atoms with van der Waals surface area (Å²) in [5.74, 6) is 0.628. The Kier molecular flexibility index (Phi) is 2.41. The molecule has 0 atom stereocenters. The van der Waals surface area contributed by atoms with Crippen LogP contribution in [-0.2, 0) is 0 Å². The molecule has 3 aromatic rings. The maximum absolute atomic E-state index is 5.99. The maximum atomic E-state index is 5.99. The molecule has 0 aliphatic rings. The first kappa shape index (κ1) is 11.0. The van der Waals surface area contributed by atoms with E-state index < -0.39 is 0 Å². The van der Waals surface area contributed by atoms with Gasteiger partial charge in [-0.1, -0.05) is 11.6 Å². The standard InChI is InChI=1S/C12H10ClN5/c1-7-2-3-11-15-16-12(18(11)17-7)8-4-9(13)6-10(14)5-8/h2-6H,14H2,1H3. The van der Waals surface area contributed by atoms with E-state index in [1.54, 1.807) is 22.7 Å². The largest absolute Gasteiger partial charge is 0.399 e. The van der Waals surface area contributed by atoms with E-state index in [4.69, 9.17) is 17.3 Å². The molecule has 3 rings (SSSR count). The minimum atomic E-state index is 0.564. The van der Waals surface area contributed by atoms with E-state index in [2.05, 4.69) is 15.3 Å². The molecule has 0 aliphatic heterocycles. The van der Waals surface area contributed by atoms with E-state index in [0.717, 1.165) is 11.3 Å². The molecule has 0 aliphatic carbocycles. The second-order valence-corrected chi connectivity index (χ2v) is 4.48. The quantitative estimate of drug-likeness (QED) is 0.681. The Morgan fingerprint density at radius 2 is 2.00 bits per heavy atom. The number of aryl methyl sites for hydroxylation is 1. The van der Waals surface area contributed by atoms with Gasteiger partial charge >= 0.3 is 0 Å². The third-order valence-electron chi connectivity index (χ3n) is 2.57. The fourth-order valence-electron chi connectivity index (χ4n) is 1.80. The molecule has 2 aromatic heterocycles. The van der Waals surface area contributed by atoms with E-state index in [0.29, 0.717) is 22.2 Å². The predicted molar refractivity (Wildman–Crippen MR) is 70.4 cm³/mol. The van der Waals surface area contributed by atoms with Crippen molar-refractivity contribution in [1.29, 1.82) is 0 Å². The summed E-state index contributed by atoms with van der Waals surface area (Å²) >= 11 is 5.99. The van der Waals surface area contributed by atoms with Crippen molar-refractivity contribution in [1.82, 2.24) is 19.8 Å². The number of rotatable bonds is 1.